The number of nitrogens with one attached hydrogen (secondary N) is 1. The monoisotopic (exact) mass is 364 g/mol. The van der Waals surface area contributed by atoms with Crippen LogP contribution in [0.4, 0.5) is 5.69 Å². The molecule has 0 spiro atoms. The minimum Gasteiger partial charge on any atom is -0.370 e. The number of hydrogen-bond acceptors (Lipinski definition) is 3. The summed E-state index contributed by atoms with van der Waals surface area (Å²) in [7, 11) is 0. The minimum atomic E-state index is 0.0214. The van der Waals surface area contributed by atoms with E-state index in [0.717, 1.165) is 36.4 Å². The molecule has 0 radical (unpaired) electrons. The van der Waals surface area contributed by atoms with Crippen LogP contribution < -0.4 is 10.2 Å². The van der Waals surface area contributed by atoms with Crippen LogP contribution in [0.1, 0.15) is 25.2 Å². The lowest BCUT2D eigenvalue weighted by molar-refractivity contribution is -0.121. The number of benzene rings is 2. The van der Waals surface area contributed by atoms with Crippen molar-refractivity contribution in [1.82, 2.24) is 14.9 Å². The molecule has 142 valence electrons. The number of imidazole rings is 1. The number of aryl methyl sites for hydroxylation is 2. The second kappa shape index (κ2) is 8.71. The van der Waals surface area contributed by atoms with Crippen molar-refractivity contribution in [2.75, 3.05) is 24.5 Å². The van der Waals surface area contributed by atoms with E-state index in [1.165, 1.54) is 11.3 Å². The van der Waals surface area contributed by atoms with Gasteiger partial charge >= 0.3 is 0 Å². The lowest BCUT2D eigenvalue weighted by Crippen LogP contribution is -2.36. The molecule has 1 heterocycles. The summed E-state index contributed by atoms with van der Waals surface area (Å²) in [6.45, 7) is 8.92. The van der Waals surface area contributed by atoms with Crippen LogP contribution in [-0.4, -0.2) is 35.1 Å². The quantitative estimate of drug-likeness (QED) is 0.665. The molecular weight excluding hydrogens is 336 g/mol. The molecule has 27 heavy (non-hydrogen) atoms. The zero-order chi connectivity index (χ0) is 19.2. The van der Waals surface area contributed by atoms with Crippen LogP contribution in [0.5, 0.6) is 0 Å². The maximum atomic E-state index is 12.5. The minimum absolute atomic E-state index is 0.0214. The Labute approximate surface area is 161 Å². The fraction of sp³-hybridized carbons (Fsp3) is 0.364. The number of rotatable bonds is 8. The summed E-state index contributed by atoms with van der Waals surface area (Å²) in [6, 6.07) is 16.4. The third-order valence-electron chi connectivity index (χ3n) is 4.80. The van der Waals surface area contributed by atoms with Gasteiger partial charge in [0.15, 0.2) is 0 Å². The maximum absolute atomic E-state index is 12.5. The number of hydrogen-bond donors (Lipinski definition) is 1. The molecule has 1 N–H and O–H groups in total. The first kappa shape index (κ1) is 19.0. The first-order valence-electron chi connectivity index (χ1n) is 9.64. The van der Waals surface area contributed by atoms with Crippen LogP contribution in [0.2, 0.25) is 0 Å². The SMILES string of the molecule is CCc1nc2ccccc2n1CC(=O)NCCN(CC)c1cccc(C)c1. The van der Waals surface area contributed by atoms with Crippen molar-refractivity contribution in [3.8, 4) is 0 Å². The van der Waals surface area contributed by atoms with Crippen molar-refractivity contribution < 1.29 is 4.79 Å². The first-order valence-corrected chi connectivity index (χ1v) is 9.64. The normalized spacial score (nSPS) is 10.9. The van der Waals surface area contributed by atoms with Crippen molar-refractivity contribution in [1.29, 1.82) is 0 Å². The third-order valence-corrected chi connectivity index (χ3v) is 4.80. The zero-order valence-corrected chi connectivity index (χ0v) is 16.4. The Kier molecular flexibility index (Phi) is 6.12. The molecule has 0 aliphatic heterocycles. The van der Waals surface area contributed by atoms with Crippen molar-refractivity contribution in [2.24, 2.45) is 0 Å². The van der Waals surface area contributed by atoms with E-state index in [1.54, 1.807) is 0 Å². The van der Waals surface area contributed by atoms with Gasteiger partial charge in [0.05, 0.1) is 11.0 Å². The standard InChI is InChI=1S/C22H28N4O/c1-4-21-24-19-11-6-7-12-20(19)26(21)16-22(27)23-13-14-25(5-2)18-10-8-9-17(3)15-18/h6-12,15H,4-5,13-14,16H2,1-3H3,(H,23,27). The van der Waals surface area contributed by atoms with Crippen LogP contribution in [0, 0.1) is 6.92 Å². The predicted molar refractivity (Wildman–Crippen MR) is 111 cm³/mol. The van der Waals surface area contributed by atoms with E-state index in [0.29, 0.717) is 13.1 Å². The van der Waals surface area contributed by atoms with Gasteiger partial charge in [-0.15, -0.1) is 0 Å². The van der Waals surface area contributed by atoms with Gasteiger partial charge in [0, 0.05) is 31.7 Å². The van der Waals surface area contributed by atoms with Crippen molar-refractivity contribution in [3.63, 3.8) is 0 Å². The molecule has 0 saturated heterocycles. The maximum Gasteiger partial charge on any atom is 0.240 e. The van der Waals surface area contributed by atoms with Gasteiger partial charge in [0.25, 0.3) is 0 Å². The number of amides is 1. The van der Waals surface area contributed by atoms with Gasteiger partial charge in [0.2, 0.25) is 5.91 Å². The Bertz CT molecular complexity index is 916. The van der Waals surface area contributed by atoms with Crippen LogP contribution in [0.15, 0.2) is 48.5 Å². The molecule has 0 unspecified atom stereocenters. The van der Waals surface area contributed by atoms with Crippen molar-refractivity contribution in [3.05, 3.63) is 59.9 Å². The Morgan fingerprint density at radius 3 is 2.70 bits per heavy atom. The molecule has 3 rings (SSSR count). The summed E-state index contributed by atoms with van der Waals surface area (Å²) in [5.41, 5.74) is 4.40. The Hall–Kier alpha value is -2.82. The largest absolute Gasteiger partial charge is 0.370 e. The van der Waals surface area contributed by atoms with Gasteiger partial charge in [-0.1, -0.05) is 31.2 Å². The van der Waals surface area contributed by atoms with E-state index in [-0.39, 0.29) is 5.91 Å². The number of nitrogens with zero attached hydrogens (tertiary/aromatic N) is 3. The first-order chi connectivity index (χ1) is 13.1. The molecule has 5 nitrogen and oxygen atoms in total. The van der Waals surface area contributed by atoms with E-state index >= 15 is 0 Å². The second-order valence-corrected chi connectivity index (χ2v) is 6.73. The van der Waals surface area contributed by atoms with Crippen molar-refractivity contribution >= 4 is 22.6 Å². The van der Waals surface area contributed by atoms with Crippen LogP contribution >= 0.6 is 0 Å². The molecule has 0 aliphatic carbocycles. The zero-order valence-electron chi connectivity index (χ0n) is 16.4. The van der Waals surface area contributed by atoms with Gasteiger partial charge in [-0.05, 0) is 43.7 Å². The molecule has 0 bridgehead atoms. The fourth-order valence-corrected chi connectivity index (χ4v) is 3.40. The average Bonchev–Trinajstić information content (AvgIpc) is 3.03. The summed E-state index contributed by atoms with van der Waals surface area (Å²) in [5.74, 6) is 0.967. The smallest absolute Gasteiger partial charge is 0.240 e. The number of para-hydroxylation sites is 2. The highest BCUT2D eigenvalue weighted by atomic mass is 16.1. The number of fused-ring (bicyclic) bond motifs is 1. The van der Waals surface area contributed by atoms with Gasteiger partial charge in [0.1, 0.15) is 12.4 Å². The molecule has 0 fully saturated rings. The van der Waals surface area contributed by atoms with Crippen LogP contribution in [-0.2, 0) is 17.8 Å². The van der Waals surface area contributed by atoms with E-state index in [9.17, 15) is 4.79 Å². The third kappa shape index (κ3) is 4.48. The fourth-order valence-electron chi connectivity index (χ4n) is 3.40. The summed E-state index contributed by atoms with van der Waals surface area (Å²) in [5, 5.41) is 3.06. The summed E-state index contributed by atoms with van der Waals surface area (Å²) in [6.07, 6.45) is 0.804. The van der Waals surface area contributed by atoms with Crippen molar-refractivity contribution in [2.45, 2.75) is 33.7 Å². The van der Waals surface area contributed by atoms with Gasteiger partial charge < -0.3 is 14.8 Å². The molecule has 1 amide bonds. The van der Waals surface area contributed by atoms with Gasteiger partial charge in [-0.2, -0.15) is 0 Å². The van der Waals surface area contributed by atoms with E-state index < -0.39 is 0 Å². The Balaban J connectivity index is 1.60. The van der Waals surface area contributed by atoms with Crippen LogP contribution in [0.3, 0.4) is 0 Å². The Morgan fingerprint density at radius 2 is 1.96 bits per heavy atom. The predicted octanol–water partition coefficient (Wildman–Crippen LogP) is 3.55. The van der Waals surface area contributed by atoms with Gasteiger partial charge in [-0.3, -0.25) is 4.79 Å². The Morgan fingerprint density at radius 1 is 1.15 bits per heavy atom. The highest BCUT2D eigenvalue weighted by Crippen LogP contribution is 2.17. The highest BCUT2D eigenvalue weighted by molar-refractivity contribution is 5.81. The molecule has 2 aromatic carbocycles. The number of anilines is 1. The molecule has 0 saturated carbocycles. The topological polar surface area (TPSA) is 50.2 Å². The van der Waals surface area contributed by atoms with E-state index in [4.69, 9.17) is 0 Å². The lowest BCUT2D eigenvalue weighted by atomic mass is 10.2. The number of likely N-dealkylation sites (N-methyl/N-ethyl adjacent to an activating group) is 1. The lowest BCUT2D eigenvalue weighted by Gasteiger charge is -2.23. The molecule has 5 heteroatoms. The average molecular weight is 364 g/mol. The molecule has 1 aromatic heterocycles. The second-order valence-electron chi connectivity index (χ2n) is 6.73. The van der Waals surface area contributed by atoms with Gasteiger partial charge in [-0.25, -0.2) is 4.98 Å². The van der Waals surface area contributed by atoms with E-state index in [2.05, 4.69) is 60.2 Å². The molecule has 3 aromatic rings. The molecular formula is C22H28N4O. The molecule has 0 aliphatic rings. The number of aromatic nitrogens is 2. The highest BCUT2D eigenvalue weighted by Gasteiger charge is 2.12. The summed E-state index contributed by atoms with van der Waals surface area (Å²) < 4.78 is 2.02. The number of carbonyl (C=O) groups excluding carboxylic acids is 1. The summed E-state index contributed by atoms with van der Waals surface area (Å²) >= 11 is 0. The van der Waals surface area contributed by atoms with E-state index in [1.807, 2.05) is 28.8 Å². The van der Waals surface area contributed by atoms with Crippen LogP contribution in [0.25, 0.3) is 11.0 Å². The molecule has 0 atom stereocenters. The number of carbonyl (C=O) groups is 1. The summed E-state index contributed by atoms with van der Waals surface area (Å²) in [4.78, 5) is 19.4.